The second-order valence-electron chi connectivity index (χ2n) is 4.33. The summed E-state index contributed by atoms with van der Waals surface area (Å²) in [5.41, 5.74) is 6.78. The summed E-state index contributed by atoms with van der Waals surface area (Å²) in [6.45, 7) is 0. The van der Waals surface area contributed by atoms with E-state index in [0.717, 1.165) is 11.3 Å². The monoisotopic (exact) mass is 259 g/mol. The topological polar surface area (TPSA) is 77.2 Å². The molecule has 0 amide bonds. The molecule has 2 rings (SSSR count). The van der Waals surface area contributed by atoms with Gasteiger partial charge < -0.3 is 15.4 Å². The fraction of sp³-hybridized carbons (Fsp3) is 0.308. The zero-order valence-electron chi connectivity index (χ0n) is 11.3. The van der Waals surface area contributed by atoms with Crippen molar-refractivity contribution in [1.29, 1.82) is 0 Å². The van der Waals surface area contributed by atoms with Gasteiger partial charge in [-0.25, -0.2) is 0 Å². The fourth-order valence-electron chi connectivity index (χ4n) is 1.63. The van der Waals surface area contributed by atoms with Crippen LogP contribution in [0, 0.1) is 0 Å². The van der Waals surface area contributed by atoms with E-state index < -0.39 is 0 Å². The zero-order valence-corrected chi connectivity index (χ0v) is 11.3. The van der Waals surface area contributed by atoms with Gasteiger partial charge in [0.1, 0.15) is 11.6 Å². The molecule has 0 saturated carbocycles. The number of rotatable bonds is 4. The number of hydrogen-bond acceptors (Lipinski definition) is 6. The predicted octanol–water partition coefficient (Wildman–Crippen LogP) is 1.12. The average molecular weight is 259 g/mol. The summed E-state index contributed by atoms with van der Waals surface area (Å²) < 4.78 is 5.12. The minimum atomic E-state index is 0.238. The van der Waals surface area contributed by atoms with Crippen LogP contribution in [0.2, 0.25) is 0 Å². The van der Waals surface area contributed by atoms with Crippen LogP contribution in [0.4, 0.5) is 11.9 Å². The first-order chi connectivity index (χ1) is 9.08. The molecule has 1 aromatic carbocycles. The SMILES string of the molecule is COc1ccc(Cc2nc(N)nc(N(C)C)n2)cc1. The molecular weight excluding hydrogens is 242 g/mol. The van der Waals surface area contributed by atoms with Gasteiger partial charge in [-0.15, -0.1) is 0 Å². The molecule has 1 aromatic heterocycles. The number of methoxy groups -OCH3 is 1. The molecule has 0 bridgehead atoms. The summed E-state index contributed by atoms with van der Waals surface area (Å²) in [6, 6.07) is 7.78. The molecule has 0 radical (unpaired) electrons. The number of nitrogens with two attached hydrogens (primary N) is 1. The van der Waals surface area contributed by atoms with Crippen LogP contribution in [0.5, 0.6) is 5.75 Å². The Morgan fingerprint density at radius 1 is 1.11 bits per heavy atom. The molecule has 0 aliphatic heterocycles. The van der Waals surface area contributed by atoms with Gasteiger partial charge in [0.2, 0.25) is 11.9 Å². The van der Waals surface area contributed by atoms with E-state index in [1.807, 2.05) is 38.4 Å². The third kappa shape index (κ3) is 3.31. The normalized spacial score (nSPS) is 10.3. The van der Waals surface area contributed by atoms with E-state index in [1.54, 1.807) is 12.0 Å². The molecule has 1 heterocycles. The van der Waals surface area contributed by atoms with Gasteiger partial charge in [-0.2, -0.15) is 15.0 Å². The molecule has 0 aliphatic carbocycles. The average Bonchev–Trinajstić information content (AvgIpc) is 2.39. The van der Waals surface area contributed by atoms with Crippen LogP contribution in [-0.2, 0) is 6.42 Å². The molecule has 0 saturated heterocycles. The molecular formula is C13H17N5O. The lowest BCUT2D eigenvalue weighted by Gasteiger charge is -2.11. The van der Waals surface area contributed by atoms with Gasteiger partial charge in [0, 0.05) is 20.5 Å². The Balaban J connectivity index is 2.22. The van der Waals surface area contributed by atoms with Gasteiger partial charge in [-0.05, 0) is 17.7 Å². The Morgan fingerprint density at radius 3 is 2.37 bits per heavy atom. The van der Waals surface area contributed by atoms with Crippen LogP contribution in [0.25, 0.3) is 0 Å². The summed E-state index contributed by atoms with van der Waals surface area (Å²) in [6.07, 6.45) is 0.609. The lowest BCUT2D eigenvalue weighted by atomic mass is 10.1. The molecule has 19 heavy (non-hydrogen) atoms. The zero-order chi connectivity index (χ0) is 13.8. The summed E-state index contributed by atoms with van der Waals surface area (Å²) >= 11 is 0. The van der Waals surface area contributed by atoms with Gasteiger partial charge >= 0.3 is 0 Å². The Bertz CT molecular complexity index is 553. The lowest BCUT2D eigenvalue weighted by Crippen LogP contribution is -2.16. The number of aromatic nitrogens is 3. The van der Waals surface area contributed by atoms with Crippen LogP contribution >= 0.6 is 0 Å². The van der Waals surface area contributed by atoms with E-state index in [-0.39, 0.29) is 5.95 Å². The summed E-state index contributed by atoms with van der Waals surface area (Å²) in [5, 5.41) is 0. The first-order valence-corrected chi connectivity index (χ1v) is 5.89. The van der Waals surface area contributed by atoms with Gasteiger partial charge in [0.05, 0.1) is 7.11 Å². The van der Waals surface area contributed by atoms with Gasteiger partial charge in [-0.1, -0.05) is 12.1 Å². The minimum Gasteiger partial charge on any atom is -0.497 e. The Kier molecular flexibility index (Phi) is 3.79. The number of hydrogen-bond donors (Lipinski definition) is 1. The molecule has 0 aliphatic rings. The standard InChI is InChI=1S/C13H17N5O/c1-18(2)13-16-11(15-12(14)17-13)8-9-4-6-10(19-3)7-5-9/h4-7H,8H2,1-3H3,(H2,14,15,16,17). The highest BCUT2D eigenvalue weighted by molar-refractivity contribution is 5.34. The Labute approximate surface area is 112 Å². The largest absolute Gasteiger partial charge is 0.497 e. The van der Waals surface area contributed by atoms with Crippen LogP contribution in [0.15, 0.2) is 24.3 Å². The Morgan fingerprint density at radius 2 is 1.79 bits per heavy atom. The third-order valence-corrected chi connectivity index (χ3v) is 2.61. The third-order valence-electron chi connectivity index (χ3n) is 2.61. The number of nitrogens with zero attached hydrogens (tertiary/aromatic N) is 4. The molecule has 0 spiro atoms. The van der Waals surface area contributed by atoms with E-state index in [1.165, 1.54) is 0 Å². The maximum absolute atomic E-state index is 5.69. The second-order valence-corrected chi connectivity index (χ2v) is 4.33. The minimum absolute atomic E-state index is 0.238. The Hall–Kier alpha value is -2.37. The van der Waals surface area contributed by atoms with E-state index in [2.05, 4.69) is 15.0 Å². The molecule has 0 fully saturated rings. The van der Waals surface area contributed by atoms with E-state index in [0.29, 0.717) is 18.2 Å². The van der Waals surface area contributed by atoms with Crippen molar-refractivity contribution in [2.24, 2.45) is 0 Å². The molecule has 6 nitrogen and oxygen atoms in total. The number of benzene rings is 1. The van der Waals surface area contributed by atoms with Crippen molar-refractivity contribution < 1.29 is 4.74 Å². The number of ether oxygens (including phenoxy) is 1. The fourth-order valence-corrected chi connectivity index (χ4v) is 1.63. The van der Waals surface area contributed by atoms with E-state index >= 15 is 0 Å². The van der Waals surface area contributed by atoms with Crippen molar-refractivity contribution >= 4 is 11.9 Å². The van der Waals surface area contributed by atoms with Gasteiger partial charge in [0.25, 0.3) is 0 Å². The van der Waals surface area contributed by atoms with Crippen LogP contribution < -0.4 is 15.4 Å². The van der Waals surface area contributed by atoms with E-state index in [4.69, 9.17) is 10.5 Å². The van der Waals surface area contributed by atoms with Crippen molar-refractivity contribution in [3.05, 3.63) is 35.7 Å². The first-order valence-electron chi connectivity index (χ1n) is 5.89. The highest BCUT2D eigenvalue weighted by Gasteiger charge is 2.07. The van der Waals surface area contributed by atoms with Crippen LogP contribution in [0.3, 0.4) is 0 Å². The quantitative estimate of drug-likeness (QED) is 0.886. The van der Waals surface area contributed by atoms with Crippen LogP contribution in [0.1, 0.15) is 11.4 Å². The van der Waals surface area contributed by atoms with Gasteiger partial charge in [-0.3, -0.25) is 0 Å². The van der Waals surface area contributed by atoms with Crippen molar-refractivity contribution in [2.45, 2.75) is 6.42 Å². The number of anilines is 2. The van der Waals surface area contributed by atoms with Crippen molar-refractivity contribution in [3.8, 4) is 5.75 Å². The molecule has 100 valence electrons. The highest BCUT2D eigenvalue weighted by atomic mass is 16.5. The predicted molar refractivity (Wildman–Crippen MR) is 74.4 cm³/mol. The van der Waals surface area contributed by atoms with Gasteiger partial charge in [0.15, 0.2) is 0 Å². The van der Waals surface area contributed by atoms with Crippen molar-refractivity contribution in [3.63, 3.8) is 0 Å². The van der Waals surface area contributed by atoms with E-state index in [9.17, 15) is 0 Å². The van der Waals surface area contributed by atoms with Crippen LogP contribution in [-0.4, -0.2) is 36.2 Å². The first kappa shape index (κ1) is 13.1. The molecule has 0 atom stereocenters. The number of nitrogen functional groups attached to an aromatic ring is 1. The molecule has 2 N–H and O–H groups in total. The summed E-state index contributed by atoms with van der Waals surface area (Å²) in [5.74, 6) is 2.28. The molecule has 0 unspecified atom stereocenters. The smallest absolute Gasteiger partial charge is 0.229 e. The lowest BCUT2D eigenvalue weighted by molar-refractivity contribution is 0.414. The maximum atomic E-state index is 5.69. The van der Waals surface area contributed by atoms with Crippen molar-refractivity contribution in [1.82, 2.24) is 15.0 Å². The highest BCUT2D eigenvalue weighted by Crippen LogP contribution is 2.14. The van der Waals surface area contributed by atoms with Crippen molar-refractivity contribution in [2.75, 3.05) is 31.8 Å². The molecule has 6 heteroatoms. The molecule has 2 aromatic rings. The second kappa shape index (κ2) is 5.51. The summed E-state index contributed by atoms with van der Waals surface area (Å²) in [4.78, 5) is 14.4. The maximum Gasteiger partial charge on any atom is 0.229 e. The summed E-state index contributed by atoms with van der Waals surface area (Å²) in [7, 11) is 5.38.